The molecule has 22 heavy (non-hydrogen) atoms. The molecule has 0 spiro atoms. The van der Waals surface area contributed by atoms with Gasteiger partial charge in [-0.3, -0.25) is 9.63 Å². The third-order valence-corrected chi connectivity index (χ3v) is 3.81. The normalized spacial score (nSPS) is 18.0. The Morgan fingerprint density at radius 1 is 1.18 bits per heavy atom. The summed E-state index contributed by atoms with van der Waals surface area (Å²) >= 11 is 0. The van der Waals surface area contributed by atoms with Gasteiger partial charge in [-0.05, 0) is 33.6 Å². The lowest BCUT2D eigenvalue weighted by molar-refractivity contribution is -0.186. The Morgan fingerprint density at radius 2 is 1.73 bits per heavy atom. The standard InChI is InChI=1S/C15H28N2O5/c1-14(2,3)22-13(19)17-9-7-15(8-10-17,11-20-5)12(18)16(4)21-6/h7-11H2,1-6H3. The third-order valence-electron chi connectivity index (χ3n) is 3.81. The van der Waals surface area contributed by atoms with Crippen LogP contribution in [0, 0.1) is 5.41 Å². The van der Waals surface area contributed by atoms with Crippen molar-refractivity contribution in [2.24, 2.45) is 5.41 Å². The van der Waals surface area contributed by atoms with E-state index in [1.165, 1.54) is 12.2 Å². The van der Waals surface area contributed by atoms with Crippen LogP contribution in [0.4, 0.5) is 4.79 Å². The highest BCUT2D eigenvalue weighted by Gasteiger charge is 2.44. The molecule has 0 saturated carbocycles. The molecule has 2 amide bonds. The molecule has 7 nitrogen and oxygen atoms in total. The second-order valence-corrected chi connectivity index (χ2v) is 6.67. The largest absolute Gasteiger partial charge is 0.444 e. The van der Waals surface area contributed by atoms with Crippen LogP contribution in [-0.2, 0) is 19.1 Å². The van der Waals surface area contributed by atoms with Crippen molar-refractivity contribution in [1.29, 1.82) is 0 Å². The molecule has 1 aliphatic heterocycles. The average molecular weight is 316 g/mol. The van der Waals surface area contributed by atoms with E-state index in [1.807, 2.05) is 20.8 Å². The molecule has 1 saturated heterocycles. The van der Waals surface area contributed by atoms with Crippen LogP contribution < -0.4 is 0 Å². The van der Waals surface area contributed by atoms with E-state index in [9.17, 15) is 9.59 Å². The van der Waals surface area contributed by atoms with Crippen molar-refractivity contribution in [3.8, 4) is 0 Å². The zero-order valence-corrected chi connectivity index (χ0v) is 14.5. The minimum absolute atomic E-state index is 0.124. The summed E-state index contributed by atoms with van der Waals surface area (Å²) in [6.07, 6.45) is 0.699. The summed E-state index contributed by atoms with van der Waals surface area (Å²) in [5, 5.41) is 1.22. The number of ether oxygens (including phenoxy) is 2. The van der Waals surface area contributed by atoms with Gasteiger partial charge in [-0.1, -0.05) is 0 Å². The van der Waals surface area contributed by atoms with Crippen molar-refractivity contribution in [2.75, 3.05) is 41.0 Å². The molecule has 0 N–H and O–H groups in total. The van der Waals surface area contributed by atoms with Crippen LogP contribution in [0.2, 0.25) is 0 Å². The molecule has 0 bridgehead atoms. The number of hydrogen-bond donors (Lipinski definition) is 0. The van der Waals surface area contributed by atoms with E-state index in [-0.39, 0.29) is 12.0 Å². The Morgan fingerprint density at radius 3 is 2.14 bits per heavy atom. The first kappa shape index (κ1) is 18.7. The highest BCUT2D eigenvalue weighted by atomic mass is 16.7. The fourth-order valence-corrected chi connectivity index (χ4v) is 2.56. The maximum atomic E-state index is 12.5. The van der Waals surface area contributed by atoms with E-state index in [1.54, 1.807) is 19.1 Å². The van der Waals surface area contributed by atoms with Gasteiger partial charge in [-0.2, -0.15) is 0 Å². The summed E-state index contributed by atoms with van der Waals surface area (Å²) in [5.41, 5.74) is -1.18. The number of piperidine rings is 1. The first-order chi connectivity index (χ1) is 10.1. The number of methoxy groups -OCH3 is 1. The summed E-state index contributed by atoms with van der Waals surface area (Å²) in [5.74, 6) is -0.124. The second kappa shape index (κ2) is 7.28. The lowest BCUT2D eigenvalue weighted by Crippen LogP contribution is -2.53. The van der Waals surface area contributed by atoms with Crippen molar-refractivity contribution in [3.63, 3.8) is 0 Å². The fraction of sp³-hybridized carbons (Fsp3) is 0.867. The molecule has 0 radical (unpaired) electrons. The van der Waals surface area contributed by atoms with Gasteiger partial charge in [0.25, 0.3) is 5.91 Å². The monoisotopic (exact) mass is 316 g/mol. The highest BCUT2D eigenvalue weighted by Crippen LogP contribution is 2.34. The third kappa shape index (κ3) is 4.58. The highest BCUT2D eigenvalue weighted by molar-refractivity contribution is 5.82. The Hall–Kier alpha value is -1.34. The van der Waals surface area contributed by atoms with Gasteiger partial charge in [0, 0.05) is 27.2 Å². The fourth-order valence-electron chi connectivity index (χ4n) is 2.56. The number of carbonyl (C=O) groups is 2. The predicted octanol–water partition coefficient (Wildman–Crippen LogP) is 1.67. The Kier molecular flexibility index (Phi) is 6.19. The molecular weight excluding hydrogens is 288 g/mol. The van der Waals surface area contributed by atoms with E-state index >= 15 is 0 Å². The van der Waals surface area contributed by atoms with Gasteiger partial charge in [0.15, 0.2) is 0 Å². The molecule has 128 valence electrons. The number of carbonyl (C=O) groups excluding carboxylic acids is 2. The molecule has 1 aliphatic rings. The Balaban J connectivity index is 2.73. The minimum Gasteiger partial charge on any atom is -0.444 e. The SMILES string of the molecule is COCC1(C(=O)N(C)OC)CCN(C(=O)OC(C)(C)C)CC1. The van der Waals surface area contributed by atoms with Crippen LogP contribution >= 0.6 is 0 Å². The van der Waals surface area contributed by atoms with Crippen molar-refractivity contribution < 1.29 is 23.9 Å². The van der Waals surface area contributed by atoms with E-state index in [2.05, 4.69) is 0 Å². The van der Waals surface area contributed by atoms with Gasteiger partial charge in [0.1, 0.15) is 5.60 Å². The van der Waals surface area contributed by atoms with E-state index in [0.717, 1.165) is 0 Å². The number of nitrogens with zero attached hydrogens (tertiary/aromatic N) is 2. The molecule has 1 rings (SSSR count). The zero-order valence-electron chi connectivity index (χ0n) is 14.5. The molecule has 0 aromatic heterocycles. The van der Waals surface area contributed by atoms with Crippen molar-refractivity contribution in [1.82, 2.24) is 9.96 Å². The van der Waals surface area contributed by atoms with Crippen molar-refractivity contribution in [3.05, 3.63) is 0 Å². The summed E-state index contributed by atoms with van der Waals surface area (Å²) in [6, 6.07) is 0. The van der Waals surface area contributed by atoms with Gasteiger partial charge in [0.2, 0.25) is 0 Å². The molecule has 0 aromatic rings. The summed E-state index contributed by atoms with van der Waals surface area (Å²) in [7, 11) is 4.61. The van der Waals surface area contributed by atoms with Crippen LogP contribution in [0.1, 0.15) is 33.6 Å². The van der Waals surface area contributed by atoms with Gasteiger partial charge >= 0.3 is 6.09 Å². The summed E-state index contributed by atoms with van der Waals surface area (Å²) in [6.45, 7) is 6.73. The first-order valence-electron chi connectivity index (χ1n) is 7.44. The molecule has 0 aliphatic carbocycles. The molecule has 1 heterocycles. The molecule has 0 atom stereocenters. The van der Waals surface area contributed by atoms with E-state index in [4.69, 9.17) is 14.3 Å². The number of hydroxylamine groups is 2. The molecule has 0 unspecified atom stereocenters. The first-order valence-corrected chi connectivity index (χ1v) is 7.44. The molecular formula is C15H28N2O5. The smallest absolute Gasteiger partial charge is 0.410 e. The number of rotatable bonds is 4. The number of likely N-dealkylation sites (tertiary alicyclic amines) is 1. The van der Waals surface area contributed by atoms with Gasteiger partial charge in [0.05, 0.1) is 19.1 Å². The van der Waals surface area contributed by atoms with Crippen LogP contribution in [0.25, 0.3) is 0 Å². The molecule has 1 fully saturated rings. The number of amides is 2. The lowest BCUT2D eigenvalue weighted by atomic mass is 9.78. The summed E-state index contributed by atoms with van der Waals surface area (Å²) in [4.78, 5) is 31.3. The maximum Gasteiger partial charge on any atom is 0.410 e. The lowest BCUT2D eigenvalue weighted by Gasteiger charge is -2.41. The molecule has 7 heteroatoms. The van der Waals surface area contributed by atoms with E-state index in [0.29, 0.717) is 32.5 Å². The van der Waals surface area contributed by atoms with Crippen LogP contribution in [0.3, 0.4) is 0 Å². The van der Waals surface area contributed by atoms with Gasteiger partial charge in [-0.25, -0.2) is 9.86 Å². The van der Waals surface area contributed by atoms with E-state index < -0.39 is 11.0 Å². The maximum absolute atomic E-state index is 12.5. The predicted molar refractivity (Wildman–Crippen MR) is 81.1 cm³/mol. The molecule has 0 aromatic carbocycles. The second-order valence-electron chi connectivity index (χ2n) is 6.67. The zero-order chi connectivity index (χ0) is 17.0. The summed E-state index contributed by atoms with van der Waals surface area (Å²) < 4.78 is 10.6. The minimum atomic E-state index is -0.655. The van der Waals surface area contributed by atoms with Crippen LogP contribution in [-0.4, -0.2) is 68.5 Å². The number of hydrogen-bond acceptors (Lipinski definition) is 5. The Bertz CT molecular complexity index is 397. The van der Waals surface area contributed by atoms with Crippen LogP contribution in [0.15, 0.2) is 0 Å². The Labute approximate surface area is 132 Å². The van der Waals surface area contributed by atoms with Gasteiger partial charge in [-0.15, -0.1) is 0 Å². The van der Waals surface area contributed by atoms with Crippen molar-refractivity contribution in [2.45, 2.75) is 39.2 Å². The topological polar surface area (TPSA) is 68.3 Å². The quantitative estimate of drug-likeness (QED) is 0.738. The van der Waals surface area contributed by atoms with Crippen molar-refractivity contribution >= 4 is 12.0 Å². The van der Waals surface area contributed by atoms with Gasteiger partial charge < -0.3 is 14.4 Å². The van der Waals surface area contributed by atoms with Crippen LogP contribution in [0.5, 0.6) is 0 Å². The average Bonchev–Trinajstić information content (AvgIpc) is 2.44.